The van der Waals surface area contributed by atoms with E-state index < -0.39 is 24.0 Å². The van der Waals surface area contributed by atoms with Crippen LogP contribution in [0.15, 0.2) is 47.4 Å². The number of carbonyl (C=O) groups excluding carboxylic acids is 1. The lowest BCUT2D eigenvalue weighted by Gasteiger charge is -2.26. The summed E-state index contributed by atoms with van der Waals surface area (Å²) in [6.07, 6.45) is 0.945. The van der Waals surface area contributed by atoms with Crippen molar-refractivity contribution in [2.75, 3.05) is 18.5 Å². The zero-order valence-electron chi connectivity index (χ0n) is 17.5. The molecule has 1 heterocycles. The van der Waals surface area contributed by atoms with Gasteiger partial charge in [-0.1, -0.05) is 25.1 Å². The fraction of sp³-hybridized carbons (Fsp3) is 0.455. The SMILES string of the molecule is [C-]#[N+]CCOPO[C@H]1[C@@H](F)[C@H](n2ccc(NC(=O)c3ccccc3)nc2=O)[C@H]2C[C@]21CC. The molecular formula is C22H24FN4O4P. The molecule has 1 aromatic heterocycles. The number of halogens is 1. The first-order valence-corrected chi connectivity index (χ1v) is 11.3. The number of amides is 1. The van der Waals surface area contributed by atoms with Crippen LogP contribution in [0.4, 0.5) is 10.2 Å². The Balaban J connectivity index is 1.47. The average molecular weight is 458 g/mol. The number of hydrogen-bond acceptors (Lipinski definition) is 5. The van der Waals surface area contributed by atoms with Crippen LogP contribution in [0.25, 0.3) is 4.85 Å². The molecule has 1 N–H and O–H groups in total. The number of aromatic nitrogens is 2. The zero-order valence-corrected chi connectivity index (χ0v) is 18.5. The van der Waals surface area contributed by atoms with Gasteiger partial charge in [-0.05, 0) is 37.0 Å². The molecule has 0 aliphatic heterocycles. The quantitative estimate of drug-likeness (QED) is 0.352. The highest BCUT2D eigenvalue weighted by Crippen LogP contribution is 2.71. The van der Waals surface area contributed by atoms with E-state index in [1.165, 1.54) is 16.8 Å². The predicted octanol–water partition coefficient (Wildman–Crippen LogP) is 3.63. The third-order valence-electron chi connectivity index (χ3n) is 6.40. The maximum atomic E-state index is 15.5. The topological polar surface area (TPSA) is 86.8 Å². The molecule has 10 heteroatoms. The third-order valence-corrected chi connectivity index (χ3v) is 7.07. The minimum Gasteiger partial charge on any atom is -0.329 e. The van der Waals surface area contributed by atoms with Crippen LogP contribution >= 0.6 is 9.03 Å². The van der Waals surface area contributed by atoms with Gasteiger partial charge in [0.25, 0.3) is 5.91 Å². The maximum Gasteiger partial charge on any atom is 0.349 e. The Morgan fingerprint density at radius 3 is 2.88 bits per heavy atom. The molecule has 0 spiro atoms. The Kier molecular flexibility index (Phi) is 6.66. The van der Waals surface area contributed by atoms with Crippen molar-refractivity contribution >= 4 is 20.8 Å². The van der Waals surface area contributed by atoms with Gasteiger partial charge >= 0.3 is 5.69 Å². The van der Waals surface area contributed by atoms with Crippen molar-refractivity contribution in [3.8, 4) is 0 Å². The molecule has 2 fully saturated rings. The summed E-state index contributed by atoms with van der Waals surface area (Å²) in [6, 6.07) is 9.44. The highest BCUT2D eigenvalue weighted by Gasteiger charge is 2.72. The second kappa shape index (κ2) is 9.45. The predicted molar refractivity (Wildman–Crippen MR) is 118 cm³/mol. The van der Waals surface area contributed by atoms with Crippen molar-refractivity contribution in [2.45, 2.75) is 38.1 Å². The van der Waals surface area contributed by atoms with Crippen molar-refractivity contribution in [3.05, 3.63) is 70.1 Å². The summed E-state index contributed by atoms with van der Waals surface area (Å²) in [5, 5.41) is 2.60. The maximum absolute atomic E-state index is 15.5. The molecule has 6 atom stereocenters. The first-order chi connectivity index (χ1) is 15.5. The van der Waals surface area contributed by atoms with Gasteiger partial charge in [-0.3, -0.25) is 9.36 Å². The number of anilines is 1. The molecular weight excluding hydrogens is 434 g/mol. The van der Waals surface area contributed by atoms with Crippen molar-refractivity contribution < 1.29 is 18.2 Å². The molecule has 1 amide bonds. The Bertz CT molecular complexity index is 1080. The summed E-state index contributed by atoms with van der Waals surface area (Å²) in [5.74, 6) is -0.280. The van der Waals surface area contributed by atoms with Crippen LogP contribution in [-0.4, -0.2) is 40.9 Å². The van der Waals surface area contributed by atoms with E-state index in [-0.39, 0.29) is 45.2 Å². The lowest BCUT2D eigenvalue weighted by molar-refractivity contribution is 0.0510. The molecule has 0 bridgehead atoms. The highest BCUT2D eigenvalue weighted by molar-refractivity contribution is 7.26. The molecule has 0 radical (unpaired) electrons. The molecule has 2 aliphatic rings. The molecule has 0 saturated heterocycles. The fourth-order valence-electron chi connectivity index (χ4n) is 4.70. The summed E-state index contributed by atoms with van der Waals surface area (Å²) < 4.78 is 27.8. The van der Waals surface area contributed by atoms with Gasteiger partial charge < -0.3 is 19.2 Å². The van der Waals surface area contributed by atoms with Crippen molar-refractivity contribution in [2.24, 2.45) is 11.3 Å². The minimum absolute atomic E-state index is 0.0233. The smallest absolute Gasteiger partial charge is 0.329 e. The first-order valence-electron chi connectivity index (χ1n) is 10.5. The molecule has 168 valence electrons. The van der Waals surface area contributed by atoms with Crippen molar-refractivity contribution in [1.29, 1.82) is 0 Å². The Morgan fingerprint density at radius 2 is 2.19 bits per heavy atom. The monoisotopic (exact) mass is 458 g/mol. The average Bonchev–Trinajstić information content (AvgIpc) is 3.47. The minimum atomic E-state index is -1.38. The van der Waals surface area contributed by atoms with Crippen LogP contribution in [0.5, 0.6) is 0 Å². The van der Waals surface area contributed by atoms with Gasteiger partial charge in [0.1, 0.15) is 24.7 Å². The van der Waals surface area contributed by atoms with Gasteiger partial charge in [-0.25, -0.2) is 15.8 Å². The van der Waals surface area contributed by atoms with Gasteiger partial charge in [0.05, 0.1) is 6.04 Å². The largest absolute Gasteiger partial charge is 0.349 e. The summed E-state index contributed by atoms with van der Waals surface area (Å²) in [4.78, 5) is 32.2. The lowest BCUT2D eigenvalue weighted by atomic mass is 9.97. The molecule has 1 aromatic carbocycles. The Labute approximate surface area is 186 Å². The van der Waals surface area contributed by atoms with Crippen molar-refractivity contribution in [3.63, 3.8) is 0 Å². The van der Waals surface area contributed by atoms with E-state index in [4.69, 9.17) is 15.6 Å². The summed E-state index contributed by atoms with van der Waals surface area (Å²) >= 11 is 0. The standard InChI is InChI=1S/C22H24FN4O4P/c1-3-22-13-15(22)18(17(23)19(22)31-32-30-12-10-24-2)27-11-9-16(26-21(27)29)25-20(28)14-7-5-4-6-8-14/h4-9,11,15,17-19,32H,3,10,12-13H2,1H3,(H,25,26,28,29)/t15-,17+,18-,19+,22-/m1/s1. The molecule has 2 aromatic rings. The van der Waals surface area contributed by atoms with Crippen LogP contribution < -0.4 is 11.0 Å². The number of rotatable bonds is 9. The van der Waals surface area contributed by atoms with Gasteiger partial charge in [-0.2, -0.15) is 4.98 Å². The summed E-state index contributed by atoms with van der Waals surface area (Å²) in [6.45, 7) is 9.24. The number of fused-ring (bicyclic) bond motifs is 1. The third kappa shape index (κ3) is 4.18. The van der Waals surface area contributed by atoms with Crippen LogP contribution in [-0.2, 0) is 9.05 Å². The first kappa shape index (κ1) is 22.5. The van der Waals surface area contributed by atoms with Crippen LogP contribution in [0.3, 0.4) is 0 Å². The number of nitrogens with zero attached hydrogens (tertiary/aromatic N) is 3. The van der Waals surface area contributed by atoms with E-state index in [9.17, 15) is 9.59 Å². The van der Waals surface area contributed by atoms with E-state index in [1.807, 2.05) is 6.92 Å². The van der Waals surface area contributed by atoms with E-state index in [1.54, 1.807) is 30.3 Å². The highest BCUT2D eigenvalue weighted by atomic mass is 31.1. The van der Waals surface area contributed by atoms with Gasteiger partial charge in [0, 0.05) is 17.2 Å². The number of alkyl halides is 1. The van der Waals surface area contributed by atoms with Crippen LogP contribution in [0, 0.1) is 17.9 Å². The Hall–Kier alpha value is -2.66. The summed E-state index contributed by atoms with van der Waals surface area (Å²) in [5.41, 5.74) is -0.486. The number of nitrogens with one attached hydrogen (secondary N) is 1. The van der Waals surface area contributed by atoms with Crippen molar-refractivity contribution in [1.82, 2.24) is 9.55 Å². The summed E-state index contributed by atoms with van der Waals surface area (Å²) in [7, 11) is -0.350. The molecule has 8 nitrogen and oxygen atoms in total. The van der Waals surface area contributed by atoms with E-state index in [0.29, 0.717) is 5.56 Å². The second-order valence-electron chi connectivity index (χ2n) is 8.01. The normalized spacial score (nSPS) is 28.4. The Morgan fingerprint density at radius 1 is 1.41 bits per heavy atom. The molecule has 1 unspecified atom stereocenters. The zero-order chi connectivity index (χ0) is 22.7. The van der Waals surface area contributed by atoms with Gasteiger partial charge in [0.15, 0.2) is 9.03 Å². The lowest BCUT2D eigenvalue weighted by Crippen LogP contribution is -2.36. The number of hydrogen-bond donors (Lipinski definition) is 1. The van der Waals surface area contributed by atoms with E-state index in [0.717, 1.165) is 12.8 Å². The van der Waals surface area contributed by atoms with Crippen LogP contribution in [0.1, 0.15) is 36.2 Å². The number of carbonyl (C=O) groups is 1. The number of benzene rings is 1. The fourth-order valence-corrected chi connectivity index (χ4v) is 5.41. The van der Waals surface area contributed by atoms with Gasteiger partial charge in [0.2, 0.25) is 6.54 Å². The van der Waals surface area contributed by atoms with E-state index in [2.05, 4.69) is 15.1 Å². The second-order valence-corrected chi connectivity index (χ2v) is 8.70. The van der Waals surface area contributed by atoms with E-state index >= 15 is 4.39 Å². The molecule has 2 saturated carbocycles. The molecule has 32 heavy (non-hydrogen) atoms. The van der Waals surface area contributed by atoms with Crippen LogP contribution in [0.2, 0.25) is 0 Å². The molecule has 4 rings (SSSR count). The van der Waals surface area contributed by atoms with Gasteiger partial charge in [-0.15, -0.1) is 0 Å². The molecule has 2 aliphatic carbocycles.